The van der Waals surface area contributed by atoms with Crippen LogP contribution >= 0.6 is 15.9 Å². The van der Waals surface area contributed by atoms with Gasteiger partial charge < -0.3 is 4.98 Å². The summed E-state index contributed by atoms with van der Waals surface area (Å²) in [5.74, 6) is 0. The van der Waals surface area contributed by atoms with E-state index in [1.165, 1.54) is 6.08 Å². The number of H-pyrrole nitrogens is 1. The van der Waals surface area contributed by atoms with E-state index < -0.39 is 0 Å². The largest absolute Gasteiger partial charge is 0.359 e. The van der Waals surface area contributed by atoms with E-state index in [9.17, 15) is 4.79 Å². The molecule has 0 fully saturated rings. The Morgan fingerprint density at radius 1 is 1.46 bits per heavy atom. The second-order valence-electron chi connectivity index (χ2n) is 2.57. The van der Waals surface area contributed by atoms with Crippen molar-refractivity contribution in [3.63, 3.8) is 0 Å². The second-order valence-corrected chi connectivity index (χ2v) is 3.48. The Hall–Kier alpha value is -1.38. The molecule has 0 aliphatic rings. The van der Waals surface area contributed by atoms with Crippen LogP contribution in [0.4, 0.5) is 5.69 Å². The van der Waals surface area contributed by atoms with E-state index in [2.05, 4.69) is 25.9 Å². The molecular weight excluding hydrogens is 232 g/mol. The van der Waals surface area contributed by atoms with Crippen LogP contribution in [0.5, 0.6) is 0 Å². The molecule has 0 amide bonds. The number of isocyanates is 1. The third-order valence-electron chi connectivity index (χ3n) is 1.79. The Kier molecular flexibility index (Phi) is 2.00. The Labute approximate surface area is 82.6 Å². The van der Waals surface area contributed by atoms with Crippen molar-refractivity contribution < 1.29 is 4.79 Å². The lowest BCUT2D eigenvalue weighted by Gasteiger charge is -1.91. The first-order valence-electron chi connectivity index (χ1n) is 3.66. The van der Waals surface area contributed by atoms with Crippen molar-refractivity contribution in [3.8, 4) is 0 Å². The molecule has 1 heterocycles. The number of aromatic amines is 1. The number of nitrogens with one attached hydrogen (secondary N) is 1. The minimum absolute atomic E-state index is 0.617. The highest BCUT2D eigenvalue weighted by Crippen LogP contribution is 2.27. The fraction of sp³-hybridized carbons (Fsp3) is 0. The van der Waals surface area contributed by atoms with E-state index in [0.29, 0.717) is 5.69 Å². The lowest BCUT2D eigenvalue weighted by atomic mass is 10.2. The molecule has 64 valence electrons. The molecule has 0 unspecified atom stereocenters. The zero-order valence-electron chi connectivity index (χ0n) is 6.54. The first-order valence-corrected chi connectivity index (χ1v) is 4.45. The summed E-state index contributed by atoms with van der Waals surface area (Å²) in [5, 5.41) is 0.915. The van der Waals surface area contributed by atoms with Gasteiger partial charge in [0.25, 0.3) is 0 Å². The smallest absolute Gasteiger partial charge is 0.240 e. The number of fused-ring (bicyclic) bond motifs is 1. The van der Waals surface area contributed by atoms with Crippen LogP contribution < -0.4 is 0 Å². The van der Waals surface area contributed by atoms with Gasteiger partial charge in [-0.15, -0.1) is 0 Å². The Morgan fingerprint density at radius 3 is 3.08 bits per heavy atom. The predicted molar refractivity (Wildman–Crippen MR) is 53.8 cm³/mol. The molecular formula is C9H5BrN2O. The average Bonchev–Trinajstić information content (AvgIpc) is 2.49. The van der Waals surface area contributed by atoms with Crippen LogP contribution in [0.2, 0.25) is 0 Å². The minimum Gasteiger partial charge on any atom is -0.359 e. The molecule has 0 bridgehead atoms. The molecule has 0 aliphatic heterocycles. The average molecular weight is 237 g/mol. The summed E-state index contributed by atoms with van der Waals surface area (Å²) in [6.07, 6.45) is 3.20. The number of rotatable bonds is 1. The molecule has 1 N–H and O–H groups in total. The van der Waals surface area contributed by atoms with Gasteiger partial charge in [-0.05, 0) is 18.2 Å². The van der Waals surface area contributed by atoms with E-state index >= 15 is 0 Å². The molecule has 0 saturated carbocycles. The standard InChI is InChI=1S/C9H5BrN2O/c10-6-1-2-8-7(3-6)9(4-11-8)12-5-13/h1-4,11H. The van der Waals surface area contributed by atoms with Gasteiger partial charge in [-0.3, -0.25) is 0 Å². The molecule has 3 nitrogen and oxygen atoms in total. The van der Waals surface area contributed by atoms with Crippen molar-refractivity contribution in [2.24, 2.45) is 4.99 Å². The monoisotopic (exact) mass is 236 g/mol. The van der Waals surface area contributed by atoms with E-state index in [4.69, 9.17) is 0 Å². The highest BCUT2D eigenvalue weighted by Gasteiger charge is 2.01. The number of halogens is 1. The fourth-order valence-electron chi connectivity index (χ4n) is 1.22. The van der Waals surface area contributed by atoms with Gasteiger partial charge in [0.2, 0.25) is 6.08 Å². The maximum Gasteiger partial charge on any atom is 0.240 e. The highest BCUT2D eigenvalue weighted by molar-refractivity contribution is 9.10. The number of aliphatic imine (C=N–C) groups is 1. The zero-order valence-corrected chi connectivity index (χ0v) is 8.13. The van der Waals surface area contributed by atoms with Crippen molar-refractivity contribution in [3.05, 3.63) is 28.9 Å². The molecule has 1 aromatic carbocycles. The van der Waals surface area contributed by atoms with Crippen molar-refractivity contribution in [1.82, 2.24) is 4.98 Å². The maximum absolute atomic E-state index is 10.1. The summed E-state index contributed by atoms with van der Waals surface area (Å²) in [6, 6.07) is 5.75. The molecule has 4 heteroatoms. The molecule has 0 saturated heterocycles. The Balaban J connectivity index is 2.78. The van der Waals surface area contributed by atoms with Crippen LogP contribution in [0, 0.1) is 0 Å². The van der Waals surface area contributed by atoms with Crippen molar-refractivity contribution in [2.45, 2.75) is 0 Å². The van der Waals surface area contributed by atoms with E-state index in [1.807, 2.05) is 18.2 Å². The van der Waals surface area contributed by atoms with Crippen LogP contribution in [0.15, 0.2) is 33.9 Å². The summed E-state index contributed by atoms with van der Waals surface area (Å²) in [4.78, 5) is 16.7. The molecule has 1 aromatic heterocycles. The maximum atomic E-state index is 10.1. The molecule has 2 rings (SSSR count). The highest BCUT2D eigenvalue weighted by atomic mass is 79.9. The number of nitrogens with zero attached hydrogens (tertiary/aromatic N) is 1. The Bertz CT molecular complexity index is 497. The number of hydrogen-bond acceptors (Lipinski definition) is 2. The Morgan fingerprint density at radius 2 is 2.31 bits per heavy atom. The lowest BCUT2D eigenvalue weighted by Crippen LogP contribution is -1.67. The quantitative estimate of drug-likeness (QED) is 0.601. The number of aromatic nitrogens is 1. The summed E-state index contributed by atoms with van der Waals surface area (Å²) in [6.45, 7) is 0. The minimum atomic E-state index is 0.617. The van der Waals surface area contributed by atoms with Gasteiger partial charge in [0, 0.05) is 21.6 Å². The SMILES string of the molecule is O=C=Nc1c[nH]c2ccc(Br)cc12. The van der Waals surface area contributed by atoms with Gasteiger partial charge >= 0.3 is 0 Å². The first-order chi connectivity index (χ1) is 6.31. The van der Waals surface area contributed by atoms with Crippen LogP contribution in [0.1, 0.15) is 0 Å². The molecule has 2 aromatic rings. The predicted octanol–water partition coefficient (Wildman–Crippen LogP) is 2.90. The summed E-state index contributed by atoms with van der Waals surface area (Å²) < 4.78 is 0.960. The van der Waals surface area contributed by atoms with Crippen LogP contribution in [-0.4, -0.2) is 11.1 Å². The number of hydrogen-bond donors (Lipinski definition) is 1. The second kappa shape index (κ2) is 3.17. The molecule has 0 radical (unpaired) electrons. The van der Waals surface area contributed by atoms with E-state index in [1.54, 1.807) is 6.20 Å². The van der Waals surface area contributed by atoms with E-state index in [0.717, 1.165) is 15.4 Å². The number of benzene rings is 1. The van der Waals surface area contributed by atoms with Gasteiger partial charge in [-0.2, -0.15) is 4.99 Å². The molecule has 13 heavy (non-hydrogen) atoms. The van der Waals surface area contributed by atoms with Gasteiger partial charge in [0.15, 0.2) is 0 Å². The van der Waals surface area contributed by atoms with Gasteiger partial charge in [0.05, 0.1) is 0 Å². The van der Waals surface area contributed by atoms with Crippen LogP contribution in [0.25, 0.3) is 10.9 Å². The summed E-state index contributed by atoms with van der Waals surface area (Å²) >= 11 is 3.35. The van der Waals surface area contributed by atoms with Gasteiger partial charge in [-0.25, -0.2) is 4.79 Å². The van der Waals surface area contributed by atoms with Crippen LogP contribution in [-0.2, 0) is 4.79 Å². The van der Waals surface area contributed by atoms with Crippen molar-refractivity contribution in [2.75, 3.05) is 0 Å². The third kappa shape index (κ3) is 1.41. The first kappa shape index (κ1) is 8.23. The normalized spacial score (nSPS) is 9.92. The summed E-state index contributed by atoms with van der Waals surface area (Å²) in [7, 11) is 0. The van der Waals surface area contributed by atoms with Crippen molar-refractivity contribution in [1.29, 1.82) is 0 Å². The van der Waals surface area contributed by atoms with Gasteiger partial charge in [0.1, 0.15) is 5.69 Å². The van der Waals surface area contributed by atoms with Crippen molar-refractivity contribution >= 4 is 38.6 Å². The summed E-state index contributed by atoms with van der Waals surface area (Å²) in [5.41, 5.74) is 1.57. The molecule has 0 spiro atoms. The third-order valence-corrected chi connectivity index (χ3v) is 2.28. The number of carbonyl (C=O) groups excluding carboxylic acids is 1. The van der Waals surface area contributed by atoms with Crippen LogP contribution in [0.3, 0.4) is 0 Å². The fourth-order valence-corrected chi connectivity index (χ4v) is 1.58. The zero-order chi connectivity index (χ0) is 9.26. The molecule has 0 atom stereocenters. The van der Waals surface area contributed by atoms with Gasteiger partial charge in [-0.1, -0.05) is 15.9 Å². The lowest BCUT2D eigenvalue weighted by molar-refractivity contribution is 0.565. The molecule has 0 aliphatic carbocycles. The topological polar surface area (TPSA) is 45.2 Å². The van der Waals surface area contributed by atoms with E-state index in [-0.39, 0.29) is 0 Å².